The highest BCUT2D eigenvalue weighted by atomic mass is 16.4. The number of hydrogen-bond donors (Lipinski definition) is 3. The topological polar surface area (TPSA) is 121 Å². The van der Waals surface area contributed by atoms with Gasteiger partial charge in [-0.1, -0.05) is 0 Å². The van der Waals surface area contributed by atoms with Gasteiger partial charge >= 0.3 is 5.97 Å². The highest BCUT2D eigenvalue weighted by Crippen LogP contribution is 2.30. The van der Waals surface area contributed by atoms with E-state index >= 15 is 0 Å². The molecule has 3 rings (SSSR count). The van der Waals surface area contributed by atoms with Crippen molar-refractivity contribution >= 4 is 17.8 Å². The maximum atomic E-state index is 12.3. The fourth-order valence-electron chi connectivity index (χ4n) is 4.16. The number of fused-ring (bicyclic) bond motifs is 1. The Morgan fingerprint density at radius 1 is 1.14 bits per heavy atom. The van der Waals surface area contributed by atoms with Crippen LogP contribution in [0.1, 0.15) is 74.1 Å². The molecule has 0 aromatic carbocycles. The van der Waals surface area contributed by atoms with Crippen molar-refractivity contribution in [2.24, 2.45) is 0 Å². The Kier molecular flexibility index (Phi) is 6.26. The normalized spacial score (nSPS) is 21.1. The van der Waals surface area contributed by atoms with Crippen LogP contribution in [0.3, 0.4) is 0 Å². The van der Waals surface area contributed by atoms with Gasteiger partial charge in [0.25, 0.3) is 0 Å². The number of nitrogens with zero attached hydrogens (tertiary/aromatic N) is 2. The lowest BCUT2D eigenvalue weighted by Gasteiger charge is -2.28. The predicted octanol–water partition coefficient (Wildman–Crippen LogP) is 1.57. The van der Waals surface area contributed by atoms with Crippen LogP contribution in [0.4, 0.5) is 0 Å². The van der Waals surface area contributed by atoms with Gasteiger partial charge in [-0.15, -0.1) is 0 Å². The first-order valence-electron chi connectivity index (χ1n) is 10.0. The number of aliphatic carboxylic acids is 1. The Morgan fingerprint density at radius 2 is 1.89 bits per heavy atom. The summed E-state index contributed by atoms with van der Waals surface area (Å²) in [7, 11) is 0. The Balaban J connectivity index is 1.53. The minimum Gasteiger partial charge on any atom is -0.481 e. The van der Waals surface area contributed by atoms with Crippen molar-refractivity contribution in [3.63, 3.8) is 0 Å². The first-order valence-corrected chi connectivity index (χ1v) is 10.0. The second-order valence-corrected chi connectivity index (χ2v) is 7.86. The molecule has 1 aromatic rings. The minimum atomic E-state index is -0.898. The molecule has 1 saturated heterocycles. The maximum absolute atomic E-state index is 12.3. The lowest BCUT2D eigenvalue weighted by Crippen LogP contribution is -2.43. The lowest BCUT2D eigenvalue weighted by molar-refractivity contribution is -0.137. The van der Waals surface area contributed by atoms with Gasteiger partial charge in [-0.3, -0.25) is 14.4 Å². The average molecular weight is 388 g/mol. The van der Waals surface area contributed by atoms with E-state index in [0.29, 0.717) is 31.5 Å². The molecule has 2 heterocycles. The van der Waals surface area contributed by atoms with Crippen LogP contribution in [0.15, 0.2) is 0 Å². The summed E-state index contributed by atoms with van der Waals surface area (Å²) in [6, 6.07) is 0. The smallest absolute Gasteiger partial charge is 0.303 e. The molecule has 0 spiro atoms. The van der Waals surface area contributed by atoms with E-state index in [2.05, 4.69) is 20.6 Å². The molecule has 28 heavy (non-hydrogen) atoms. The molecule has 152 valence electrons. The monoisotopic (exact) mass is 388 g/mol. The van der Waals surface area contributed by atoms with E-state index in [1.165, 1.54) is 12.0 Å². The zero-order chi connectivity index (χ0) is 20.1. The molecule has 1 aliphatic carbocycles. The number of rotatable bonds is 8. The summed E-state index contributed by atoms with van der Waals surface area (Å²) >= 11 is 0. The van der Waals surface area contributed by atoms with Crippen LogP contribution in [-0.2, 0) is 33.8 Å². The van der Waals surface area contributed by atoms with Crippen molar-refractivity contribution in [1.82, 2.24) is 20.6 Å². The van der Waals surface area contributed by atoms with Gasteiger partial charge in [0.1, 0.15) is 5.82 Å². The van der Waals surface area contributed by atoms with Crippen LogP contribution >= 0.6 is 0 Å². The Morgan fingerprint density at radius 3 is 2.61 bits per heavy atom. The van der Waals surface area contributed by atoms with Gasteiger partial charge in [-0.2, -0.15) is 0 Å². The van der Waals surface area contributed by atoms with Gasteiger partial charge in [-0.05, 0) is 57.4 Å². The quantitative estimate of drug-likeness (QED) is 0.622. The van der Waals surface area contributed by atoms with E-state index in [4.69, 9.17) is 5.11 Å². The summed E-state index contributed by atoms with van der Waals surface area (Å²) < 4.78 is 0. The van der Waals surface area contributed by atoms with Crippen molar-refractivity contribution in [2.45, 2.75) is 83.2 Å². The van der Waals surface area contributed by atoms with Crippen LogP contribution in [0.25, 0.3) is 0 Å². The van der Waals surface area contributed by atoms with Crippen LogP contribution < -0.4 is 10.6 Å². The average Bonchev–Trinajstić information content (AvgIpc) is 3.05. The van der Waals surface area contributed by atoms with E-state index < -0.39 is 11.5 Å². The number of carboxylic acid groups (broad SMARTS) is 1. The molecule has 2 amide bonds. The second-order valence-electron chi connectivity index (χ2n) is 7.86. The molecular weight excluding hydrogens is 360 g/mol. The molecule has 0 radical (unpaired) electrons. The SMILES string of the molecule is Cc1nc(CNC(=O)CC[C@]2(CCC(=O)O)CCC(=O)N2)nc2c1CCCC2. The zero-order valence-electron chi connectivity index (χ0n) is 16.3. The lowest BCUT2D eigenvalue weighted by atomic mass is 9.86. The van der Waals surface area contributed by atoms with Crippen LogP contribution in [0.2, 0.25) is 0 Å². The number of amides is 2. The molecule has 8 nitrogen and oxygen atoms in total. The molecule has 1 atom stereocenters. The third kappa shape index (κ3) is 5.05. The molecule has 0 unspecified atom stereocenters. The first kappa shape index (κ1) is 20.2. The van der Waals surface area contributed by atoms with Gasteiger partial charge in [0.05, 0.1) is 6.54 Å². The molecule has 0 saturated carbocycles. The van der Waals surface area contributed by atoms with E-state index in [9.17, 15) is 14.4 Å². The van der Waals surface area contributed by atoms with Gasteiger partial charge in [0.15, 0.2) is 0 Å². The van der Waals surface area contributed by atoms with Crippen molar-refractivity contribution < 1.29 is 19.5 Å². The largest absolute Gasteiger partial charge is 0.481 e. The van der Waals surface area contributed by atoms with E-state index in [-0.39, 0.29) is 31.2 Å². The predicted molar refractivity (Wildman–Crippen MR) is 101 cm³/mol. The molecule has 8 heteroatoms. The summed E-state index contributed by atoms with van der Waals surface area (Å²) in [5.74, 6) is -0.496. The first-order chi connectivity index (χ1) is 13.4. The fraction of sp³-hybridized carbons (Fsp3) is 0.650. The fourth-order valence-corrected chi connectivity index (χ4v) is 4.16. The van der Waals surface area contributed by atoms with Gasteiger partial charge < -0.3 is 15.7 Å². The third-order valence-electron chi connectivity index (χ3n) is 5.76. The van der Waals surface area contributed by atoms with E-state index in [1.54, 1.807) is 0 Å². The summed E-state index contributed by atoms with van der Waals surface area (Å²) in [6.45, 7) is 2.27. The van der Waals surface area contributed by atoms with Gasteiger partial charge in [-0.25, -0.2) is 9.97 Å². The molecule has 0 bridgehead atoms. The maximum Gasteiger partial charge on any atom is 0.303 e. The van der Waals surface area contributed by atoms with Crippen molar-refractivity contribution in [3.8, 4) is 0 Å². The van der Waals surface area contributed by atoms with Gasteiger partial charge in [0, 0.05) is 36.2 Å². The standard InChI is InChI=1S/C20H28N4O4/c1-13-14-4-2-3-5-15(14)23-16(22-13)12-21-17(25)6-9-20(11-8-19(27)28)10-7-18(26)24-20/h2-12H2,1H3,(H,21,25)(H,24,26)(H,27,28)/t20-/m1/s1. The minimum absolute atomic E-state index is 0.0237. The summed E-state index contributed by atoms with van der Waals surface area (Å²) in [5, 5.41) is 14.7. The number of aryl methyl sites for hydroxylation is 2. The number of aromatic nitrogens is 2. The number of hydrogen-bond acceptors (Lipinski definition) is 5. The summed E-state index contributed by atoms with van der Waals surface area (Å²) in [5.41, 5.74) is 2.75. The molecule has 2 aliphatic rings. The Bertz CT molecular complexity index is 780. The zero-order valence-corrected chi connectivity index (χ0v) is 16.3. The summed E-state index contributed by atoms with van der Waals surface area (Å²) in [6.07, 6.45) is 6.23. The van der Waals surface area contributed by atoms with Crippen molar-refractivity contribution in [1.29, 1.82) is 0 Å². The van der Waals surface area contributed by atoms with Crippen LogP contribution in [0, 0.1) is 6.92 Å². The highest BCUT2D eigenvalue weighted by Gasteiger charge is 2.37. The molecule has 3 N–H and O–H groups in total. The van der Waals surface area contributed by atoms with Gasteiger partial charge in [0.2, 0.25) is 11.8 Å². The molecule has 1 fully saturated rings. The third-order valence-corrected chi connectivity index (χ3v) is 5.76. The van der Waals surface area contributed by atoms with Crippen molar-refractivity contribution in [3.05, 3.63) is 22.8 Å². The Labute approximate surface area is 164 Å². The molecule has 1 aliphatic heterocycles. The van der Waals surface area contributed by atoms with Crippen molar-refractivity contribution in [2.75, 3.05) is 0 Å². The molecular formula is C20H28N4O4. The van der Waals surface area contributed by atoms with E-state index in [1.807, 2.05) is 6.92 Å². The highest BCUT2D eigenvalue weighted by molar-refractivity contribution is 5.80. The van der Waals surface area contributed by atoms with Crippen LogP contribution in [0.5, 0.6) is 0 Å². The Hall–Kier alpha value is -2.51. The second kappa shape index (κ2) is 8.67. The number of carboxylic acids is 1. The number of carbonyl (C=O) groups excluding carboxylic acids is 2. The summed E-state index contributed by atoms with van der Waals surface area (Å²) in [4.78, 5) is 44.0. The van der Waals surface area contributed by atoms with E-state index in [0.717, 1.165) is 30.7 Å². The molecule has 1 aromatic heterocycles. The number of nitrogens with one attached hydrogen (secondary N) is 2. The number of carbonyl (C=O) groups is 3. The van der Waals surface area contributed by atoms with Crippen LogP contribution in [-0.4, -0.2) is 38.4 Å².